The minimum atomic E-state index is 0.431. The van der Waals surface area contributed by atoms with E-state index in [-0.39, 0.29) is 0 Å². The monoisotopic (exact) mass is 319 g/mol. The van der Waals surface area contributed by atoms with Crippen LogP contribution in [0.3, 0.4) is 0 Å². The predicted octanol–water partition coefficient (Wildman–Crippen LogP) is 3.76. The molecule has 4 heteroatoms. The number of rotatable bonds is 2. The molecule has 0 amide bonds. The maximum Gasteiger partial charge on any atom is 0.0994 e. The van der Waals surface area contributed by atoms with Gasteiger partial charge in [-0.2, -0.15) is 0 Å². The molecule has 0 bridgehead atoms. The Morgan fingerprint density at radius 3 is 3.00 bits per heavy atom. The Hall–Kier alpha value is -1.13. The molecule has 1 aromatic carbocycles. The normalized spacial score (nSPS) is 19.6. The zero-order valence-electron chi connectivity index (χ0n) is 11.1. The van der Waals surface area contributed by atoms with E-state index >= 15 is 0 Å². The molecule has 1 saturated heterocycles. The molecule has 1 aliphatic heterocycles. The summed E-state index contributed by atoms with van der Waals surface area (Å²) in [5, 5.41) is 3.59. The Bertz CT molecular complexity index is 571. The molecule has 1 unspecified atom stereocenters. The second-order valence-electron chi connectivity index (χ2n) is 5.12. The fourth-order valence-corrected chi connectivity index (χ4v) is 2.91. The van der Waals surface area contributed by atoms with Crippen LogP contribution in [0.15, 0.2) is 35.2 Å². The number of imidazole rings is 1. The minimum absolute atomic E-state index is 0.431. The summed E-state index contributed by atoms with van der Waals surface area (Å²) in [7, 11) is 0. The van der Waals surface area contributed by atoms with Gasteiger partial charge in [0, 0.05) is 16.2 Å². The molecule has 1 aromatic heterocycles. The fourth-order valence-electron chi connectivity index (χ4n) is 2.66. The third-order valence-electron chi connectivity index (χ3n) is 3.75. The summed E-state index contributed by atoms with van der Waals surface area (Å²) >= 11 is 3.55. The van der Waals surface area contributed by atoms with Crippen LogP contribution in [-0.4, -0.2) is 16.1 Å². The number of piperidine rings is 1. The lowest BCUT2D eigenvalue weighted by molar-refractivity contribution is 0.402. The van der Waals surface area contributed by atoms with E-state index in [1.165, 1.54) is 36.2 Å². The molecule has 19 heavy (non-hydrogen) atoms. The minimum Gasteiger partial charge on any atom is -0.309 e. The molecule has 2 heterocycles. The Morgan fingerprint density at radius 2 is 2.26 bits per heavy atom. The molecular weight excluding hydrogens is 302 g/mol. The van der Waals surface area contributed by atoms with E-state index in [9.17, 15) is 0 Å². The topological polar surface area (TPSA) is 29.9 Å². The van der Waals surface area contributed by atoms with Gasteiger partial charge in [-0.25, -0.2) is 4.98 Å². The van der Waals surface area contributed by atoms with E-state index in [4.69, 9.17) is 0 Å². The van der Waals surface area contributed by atoms with Crippen molar-refractivity contribution in [1.82, 2.24) is 14.9 Å². The van der Waals surface area contributed by atoms with Crippen LogP contribution in [-0.2, 0) is 0 Å². The van der Waals surface area contributed by atoms with Gasteiger partial charge in [0.25, 0.3) is 0 Å². The number of aromatic nitrogens is 2. The molecule has 3 rings (SSSR count). The molecule has 1 aliphatic rings. The van der Waals surface area contributed by atoms with E-state index in [0.717, 1.165) is 11.0 Å². The Balaban J connectivity index is 1.96. The fraction of sp³-hybridized carbons (Fsp3) is 0.400. The highest BCUT2D eigenvalue weighted by molar-refractivity contribution is 9.10. The van der Waals surface area contributed by atoms with Gasteiger partial charge in [0.15, 0.2) is 0 Å². The maximum atomic E-state index is 4.34. The Labute approximate surface area is 122 Å². The third kappa shape index (κ3) is 2.60. The number of hydrogen-bond acceptors (Lipinski definition) is 2. The molecule has 0 radical (unpaired) electrons. The van der Waals surface area contributed by atoms with Crippen LogP contribution < -0.4 is 5.32 Å². The van der Waals surface area contributed by atoms with E-state index < -0.39 is 0 Å². The van der Waals surface area contributed by atoms with Gasteiger partial charge >= 0.3 is 0 Å². The summed E-state index contributed by atoms with van der Waals surface area (Å²) in [5.41, 5.74) is 3.69. The van der Waals surface area contributed by atoms with Gasteiger partial charge in [-0.15, -0.1) is 0 Å². The zero-order chi connectivity index (χ0) is 13.2. The van der Waals surface area contributed by atoms with Crippen LogP contribution in [0.5, 0.6) is 0 Å². The van der Waals surface area contributed by atoms with Crippen LogP contribution in [0.25, 0.3) is 5.69 Å². The Morgan fingerprint density at radius 1 is 1.37 bits per heavy atom. The number of benzene rings is 1. The second kappa shape index (κ2) is 5.47. The van der Waals surface area contributed by atoms with Crippen LogP contribution in [0.1, 0.15) is 36.6 Å². The highest BCUT2D eigenvalue weighted by Gasteiger charge is 2.19. The lowest BCUT2D eigenvalue weighted by atomic mass is 10.0. The zero-order valence-corrected chi connectivity index (χ0v) is 12.7. The number of halogens is 1. The van der Waals surface area contributed by atoms with Crippen LogP contribution in [0.4, 0.5) is 0 Å². The quantitative estimate of drug-likeness (QED) is 0.913. The number of nitrogens with one attached hydrogen (secondary N) is 1. The average Bonchev–Trinajstić information content (AvgIpc) is 2.92. The molecule has 2 aromatic rings. The van der Waals surface area contributed by atoms with Crippen molar-refractivity contribution in [2.45, 2.75) is 32.2 Å². The predicted molar refractivity (Wildman–Crippen MR) is 80.6 cm³/mol. The first-order valence-corrected chi connectivity index (χ1v) is 7.57. The Kier molecular flexibility index (Phi) is 3.71. The first-order chi connectivity index (χ1) is 9.25. The highest BCUT2D eigenvalue weighted by atomic mass is 79.9. The number of aryl methyl sites for hydroxylation is 1. The van der Waals surface area contributed by atoms with Crippen molar-refractivity contribution < 1.29 is 0 Å². The molecule has 100 valence electrons. The summed E-state index contributed by atoms with van der Waals surface area (Å²) in [5.74, 6) is 0. The summed E-state index contributed by atoms with van der Waals surface area (Å²) in [6.45, 7) is 3.22. The van der Waals surface area contributed by atoms with Gasteiger partial charge < -0.3 is 9.88 Å². The van der Waals surface area contributed by atoms with Crippen molar-refractivity contribution in [3.8, 4) is 5.69 Å². The second-order valence-corrected chi connectivity index (χ2v) is 5.98. The van der Waals surface area contributed by atoms with Crippen molar-refractivity contribution in [3.05, 3.63) is 46.5 Å². The summed E-state index contributed by atoms with van der Waals surface area (Å²) in [6, 6.07) is 6.85. The van der Waals surface area contributed by atoms with E-state index in [0.29, 0.717) is 6.04 Å². The largest absolute Gasteiger partial charge is 0.309 e. The smallest absolute Gasteiger partial charge is 0.0994 e. The van der Waals surface area contributed by atoms with Gasteiger partial charge in [-0.1, -0.05) is 22.4 Å². The lowest BCUT2D eigenvalue weighted by Crippen LogP contribution is -2.28. The van der Waals surface area contributed by atoms with E-state index in [2.05, 4.69) is 55.9 Å². The summed E-state index contributed by atoms with van der Waals surface area (Å²) in [6.07, 6.45) is 7.67. The van der Waals surface area contributed by atoms with Gasteiger partial charge in [-0.05, 0) is 50.1 Å². The van der Waals surface area contributed by atoms with Crippen LogP contribution >= 0.6 is 15.9 Å². The van der Waals surface area contributed by atoms with Crippen molar-refractivity contribution in [2.24, 2.45) is 0 Å². The van der Waals surface area contributed by atoms with E-state index in [1.54, 1.807) is 0 Å². The van der Waals surface area contributed by atoms with Crippen molar-refractivity contribution >= 4 is 15.9 Å². The van der Waals surface area contributed by atoms with Crippen LogP contribution in [0.2, 0.25) is 0 Å². The summed E-state index contributed by atoms with van der Waals surface area (Å²) in [4.78, 5) is 4.34. The SMILES string of the molecule is Cc1cc(-n2cncc2C2CCCCN2)ccc1Br. The molecule has 0 spiro atoms. The number of hydrogen-bond donors (Lipinski definition) is 1. The van der Waals surface area contributed by atoms with Crippen molar-refractivity contribution in [3.63, 3.8) is 0 Å². The van der Waals surface area contributed by atoms with Gasteiger partial charge in [0.1, 0.15) is 0 Å². The molecule has 3 nitrogen and oxygen atoms in total. The van der Waals surface area contributed by atoms with Gasteiger partial charge in [-0.3, -0.25) is 0 Å². The van der Waals surface area contributed by atoms with Crippen molar-refractivity contribution in [2.75, 3.05) is 6.54 Å². The van der Waals surface area contributed by atoms with E-state index in [1.807, 2.05) is 12.5 Å². The average molecular weight is 320 g/mol. The molecule has 0 saturated carbocycles. The van der Waals surface area contributed by atoms with Gasteiger partial charge in [0.05, 0.1) is 18.2 Å². The van der Waals surface area contributed by atoms with Crippen LogP contribution in [0, 0.1) is 6.92 Å². The van der Waals surface area contributed by atoms with Crippen molar-refractivity contribution in [1.29, 1.82) is 0 Å². The lowest BCUT2D eigenvalue weighted by Gasteiger charge is -2.24. The molecular formula is C15H18BrN3. The highest BCUT2D eigenvalue weighted by Crippen LogP contribution is 2.26. The summed E-state index contributed by atoms with van der Waals surface area (Å²) < 4.78 is 3.34. The first-order valence-electron chi connectivity index (χ1n) is 6.78. The van der Waals surface area contributed by atoms with Gasteiger partial charge in [0.2, 0.25) is 0 Å². The number of nitrogens with zero attached hydrogens (tertiary/aromatic N) is 2. The molecule has 1 N–H and O–H groups in total. The molecule has 0 aliphatic carbocycles. The first kappa shape index (κ1) is 12.9. The molecule has 1 atom stereocenters. The molecule has 1 fully saturated rings. The maximum absolute atomic E-state index is 4.34. The third-order valence-corrected chi connectivity index (χ3v) is 4.64. The standard InChI is InChI=1S/C15H18BrN3/c1-11-8-12(5-6-13(11)16)19-10-17-9-15(19)14-4-2-3-7-18-14/h5-6,8-10,14,18H,2-4,7H2,1H3.